The van der Waals surface area contributed by atoms with Crippen LogP contribution in [0.5, 0.6) is 0 Å². The van der Waals surface area contributed by atoms with Crippen molar-refractivity contribution in [3.05, 3.63) is 0 Å². The van der Waals surface area contributed by atoms with Crippen molar-refractivity contribution in [1.29, 1.82) is 5.26 Å². The second kappa shape index (κ2) is 6.88. The van der Waals surface area contributed by atoms with Gasteiger partial charge in [-0.2, -0.15) is 5.26 Å². The molecular weight excluding hydrogens is 198 g/mol. The Morgan fingerprint density at radius 3 is 2.44 bits per heavy atom. The molecule has 1 N–H and O–H groups in total. The highest BCUT2D eigenvalue weighted by Crippen LogP contribution is 2.23. The first-order chi connectivity index (χ1) is 7.67. The van der Waals surface area contributed by atoms with E-state index in [0.717, 1.165) is 19.1 Å². The first-order valence-electron chi connectivity index (χ1n) is 6.57. The summed E-state index contributed by atoms with van der Waals surface area (Å²) in [5, 5.41) is 12.4. The van der Waals surface area contributed by atoms with Crippen molar-refractivity contribution in [2.75, 3.05) is 13.1 Å². The number of nitrogens with zero attached hydrogens (tertiary/aromatic N) is 2. The van der Waals surface area contributed by atoms with Crippen LogP contribution in [0.1, 0.15) is 46.5 Å². The molecule has 0 heterocycles. The molecule has 1 atom stereocenters. The van der Waals surface area contributed by atoms with Gasteiger partial charge < -0.3 is 0 Å². The lowest BCUT2D eigenvalue weighted by atomic mass is 10.1. The number of nitriles is 1. The van der Waals surface area contributed by atoms with Gasteiger partial charge in [0.15, 0.2) is 0 Å². The highest BCUT2D eigenvalue weighted by Gasteiger charge is 2.23. The average Bonchev–Trinajstić information content (AvgIpc) is 2.76. The van der Waals surface area contributed by atoms with Gasteiger partial charge in [0.1, 0.15) is 6.04 Å². The zero-order valence-electron chi connectivity index (χ0n) is 10.9. The molecule has 3 nitrogen and oxygen atoms in total. The SMILES string of the molecule is CCN(CC(C#N)NC(C)C)C1CCCC1. The van der Waals surface area contributed by atoms with Crippen LogP contribution in [0.3, 0.4) is 0 Å². The van der Waals surface area contributed by atoms with E-state index in [2.05, 4.69) is 37.1 Å². The average molecular weight is 223 g/mol. The van der Waals surface area contributed by atoms with E-state index in [4.69, 9.17) is 5.26 Å². The summed E-state index contributed by atoms with van der Waals surface area (Å²) < 4.78 is 0. The Balaban J connectivity index is 2.44. The van der Waals surface area contributed by atoms with E-state index in [-0.39, 0.29) is 6.04 Å². The zero-order valence-corrected chi connectivity index (χ0v) is 10.9. The van der Waals surface area contributed by atoms with Gasteiger partial charge in [-0.1, -0.05) is 19.8 Å². The fourth-order valence-corrected chi connectivity index (χ4v) is 2.57. The summed E-state index contributed by atoms with van der Waals surface area (Å²) in [6.45, 7) is 8.31. The van der Waals surface area contributed by atoms with Gasteiger partial charge in [-0.25, -0.2) is 0 Å². The Labute approximate surface area is 99.8 Å². The molecule has 1 unspecified atom stereocenters. The van der Waals surface area contributed by atoms with Crippen LogP contribution in [-0.2, 0) is 0 Å². The topological polar surface area (TPSA) is 39.1 Å². The molecule has 1 rings (SSSR count). The van der Waals surface area contributed by atoms with Gasteiger partial charge in [-0.15, -0.1) is 0 Å². The Hall–Kier alpha value is -0.590. The predicted octanol–water partition coefficient (Wildman–Crippen LogP) is 2.14. The van der Waals surface area contributed by atoms with Gasteiger partial charge in [-0.05, 0) is 33.2 Å². The zero-order chi connectivity index (χ0) is 12.0. The molecule has 1 aliphatic rings. The third kappa shape index (κ3) is 4.11. The van der Waals surface area contributed by atoms with Gasteiger partial charge in [0, 0.05) is 18.6 Å². The maximum absolute atomic E-state index is 9.12. The number of hydrogen-bond acceptors (Lipinski definition) is 3. The maximum atomic E-state index is 9.12. The summed E-state index contributed by atoms with van der Waals surface area (Å²) in [5.74, 6) is 0. The predicted molar refractivity (Wildman–Crippen MR) is 67.2 cm³/mol. The van der Waals surface area contributed by atoms with Crippen molar-refractivity contribution < 1.29 is 0 Å². The molecule has 0 spiro atoms. The third-order valence-corrected chi connectivity index (χ3v) is 3.35. The van der Waals surface area contributed by atoms with E-state index in [0.29, 0.717) is 6.04 Å². The second-order valence-electron chi connectivity index (χ2n) is 5.03. The highest BCUT2D eigenvalue weighted by atomic mass is 15.2. The van der Waals surface area contributed by atoms with Crippen molar-refractivity contribution in [1.82, 2.24) is 10.2 Å². The molecule has 3 heteroatoms. The minimum atomic E-state index is -0.0273. The molecular formula is C13H25N3. The van der Waals surface area contributed by atoms with Gasteiger partial charge in [0.2, 0.25) is 0 Å². The molecule has 0 radical (unpaired) electrons. The molecule has 0 aromatic rings. The van der Waals surface area contributed by atoms with Crippen LogP contribution in [-0.4, -0.2) is 36.1 Å². The molecule has 92 valence electrons. The summed E-state index contributed by atoms with van der Waals surface area (Å²) in [5.41, 5.74) is 0. The Morgan fingerprint density at radius 1 is 1.38 bits per heavy atom. The van der Waals surface area contributed by atoms with Gasteiger partial charge in [-0.3, -0.25) is 10.2 Å². The van der Waals surface area contributed by atoms with Crippen molar-refractivity contribution in [3.63, 3.8) is 0 Å². The van der Waals surface area contributed by atoms with Crippen LogP contribution >= 0.6 is 0 Å². The van der Waals surface area contributed by atoms with E-state index in [1.165, 1.54) is 25.7 Å². The molecule has 0 bridgehead atoms. The maximum Gasteiger partial charge on any atom is 0.108 e. The van der Waals surface area contributed by atoms with E-state index >= 15 is 0 Å². The fourth-order valence-electron chi connectivity index (χ4n) is 2.57. The quantitative estimate of drug-likeness (QED) is 0.750. The van der Waals surface area contributed by atoms with Crippen molar-refractivity contribution in [2.45, 2.75) is 64.6 Å². The van der Waals surface area contributed by atoms with Gasteiger partial charge >= 0.3 is 0 Å². The van der Waals surface area contributed by atoms with Crippen LogP contribution in [0.15, 0.2) is 0 Å². The molecule has 0 saturated heterocycles. The monoisotopic (exact) mass is 223 g/mol. The summed E-state index contributed by atoms with van der Waals surface area (Å²) in [4.78, 5) is 2.47. The summed E-state index contributed by atoms with van der Waals surface area (Å²) in [6.07, 6.45) is 5.34. The summed E-state index contributed by atoms with van der Waals surface area (Å²) >= 11 is 0. The van der Waals surface area contributed by atoms with E-state index in [1.54, 1.807) is 0 Å². The van der Waals surface area contributed by atoms with Crippen LogP contribution in [0.2, 0.25) is 0 Å². The fraction of sp³-hybridized carbons (Fsp3) is 0.923. The second-order valence-corrected chi connectivity index (χ2v) is 5.03. The van der Waals surface area contributed by atoms with Crippen LogP contribution in [0.25, 0.3) is 0 Å². The molecule has 0 aromatic heterocycles. The summed E-state index contributed by atoms with van der Waals surface area (Å²) in [7, 11) is 0. The number of rotatable bonds is 6. The van der Waals surface area contributed by atoms with Crippen LogP contribution < -0.4 is 5.32 Å². The van der Waals surface area contributed by atoms with Gasteiger partial charge in [0.05, 0.1) is 6.07 Å². The standard InChI is InChI=1S/C13H25N3/c1-4-16(13-7-5-6-8-13)10-12(9-14)15-11(2)3/h11-13,15H,4-8,10H2,1-3H3. The minimum absolute atomic E-state index is 0.0273. The Kier molecular flexibility index (Phi) is 5.79. The molecule has 1 saturated carbocycles. The largest absolute Gasteiger partial charge is 0.299 e. The third-order valence-electron chi connectivity index (χ3n) is 3.35. The van der Waals surface area contributed by atoms with Crippen LogP contribution in [0.4, 0.5) is 0 Å². The summed E-state index contributed by atoms with van der Waals surface area (Å²) in [6, 6.07) is 3.44. The molecule has 1 fully saturated rings. The van der Waals surface area contributed by atoms with E-state index in [9.17, 15) is 0 Å². The first-order valence-corrected chi connectivity index (χ1v) is 6.57. The van der Waals surface area contributed by atoms with E-state index in [1.807, 2.05) is 0 Å². The molecule has 1 aliphatic carbocycles. The molecule has 0 aromatic carbocycles. The minimum Gasteiger partial charge on any atom is -0.299 e. The molecule has 16 heavy (non-hydrogen) atoms. The lowest BCUT2D eigenvalue weighted by molar-refractivity contribution is 0.195. The lowest BCUT2D eigenvalue weighted by Gasteiger charge is -2.30. The Bertz CT molecular complexity index is 226. The smallest absolute Gasteiger partial charge is 0.108 e. The Morgan fingerprint density at radius 2 is 2.00 bits per heavy atom. The number of hydrogen-bond donors (Lipinski definition) is 1. The van der Waals surface area contributed by atoms with Crippen molar-refractivity contribution in [2.24, 2.45) is 0 Å². The molecule has 0 aliphatic heterocycles. The molecule has 0 amide bonds. The number of nitrogens with one attached hydrogen (secondary N) is 1. The highest BCUT2D eigenvalue weighted by molar-refractivity contribution is 4.94. The van der Waals surface area contributed by atoms with Crippen molar-refractivity contribution >= 4 is 0 Å². The lowest BCUT2D eigenvalue weighted by Crippen LogP contribution is -2.46. The van der Waals surface area contributed by atoms with E-state index < -0.39 is 0 Å². The van der Waals surface area contributed by atoms with Gasteiger partial charge in [0.25, 0.3) is 0 Å². The number of likely N-dealkylation sites (N-methyl/N-ethyl adjacent to an activating group) is 1. The first kappa shape index (κ1) is 13.5. The van der Waals surface area contributed by atoms with Crippen LogP contribution in [0, 0.1) is 11.3 Å². The van der Waals surface area contributed by atoms with Crippen molar-refractivity contribution in [3.8, 4) is 6.07 Å². The normalized spacial score (nSPS) is 19.2.